The molecule has 0 saturated carbocycles. The molecule has 2 heteroatoms. The van der Waals surface area contributed by atoms with Gasteiger partial charge in [0.1, 0.15) is 0 Å². The molecule has 1 aliphatic rings. The second-order valence-corrected chi connectivity index (χ2v) is 5.81. The topological polar surface area (TPSA) is 15.3 Å². The van der Waals surface area contributed by atoms with E-state index in [1.165, 1.54) is 16.7 Å². The second-order valence-electron chi connectivity index (χ2n) is 5.81. The SMILES string of the molecule is CCN(C1CNC1)C(C)c1ccc(-c2ccccc2)cc1. The van der Waals surface area contributed by atoms with Gasteiger partial charge in [-0.2, -0.15) is 0 Å². The van der Waals surface area contributed by atoms with Crippen molar-refractivity contribution >= 4 is 0 Å². The molecule has 0 aliphatic carbocycles. The van der Waals surface area contributed by atoms with Crippen molar-refractivity contribution in [2.45, 2.75) is 25.9 Å². The fourth-order valence-electron chi connectivity index (χ4n) is 3.13. The molecular formula is C19H24N2. The molecule has 3 rings (SSSR count). The zero-order valence-corrected chi connectivity index (χ0v) is 12.9. The predicted octanol–water partition coefficient (Wildman–Crippen LogP) is 3.71. The summed E-state index contributed by atoms with van der Waals surface area (Å²) in [5, 5.41) is 3.37. The molecule has 0 amide bonds. The Bertz CT molecular complexity index is 558. The standard InChI is InChI=1S/C19H24N2/c1-3-21(19-13-20-14-19)15(2)16-9-11-18(12-10-16)17-7-5-4-6-8-17/h4-12,15,19-20H,3,13-14H2,1-2H3. The Morgan fingerprint density at radius 2 is 1.62 bits per heavy atom. The summed E-state index contributed by atoms with van der Waals surface area (Å²) in [4.78, 5) is 2.59. The smallest absolute Gasteiger partial charge is 0.0351 e. The zero-order chi connectivity index (χ0) is 14.7. The number of rotatable bonds is 5. The number of hydrogen-bond donors (Lipinski definition) is 1. The second kappa shape index (κ2) is 6.42. The molecule has 1 N–H and O–H groups in total. The van der Waals surface area contributed by atoms with Gasteiger partial charge in [-0.15, -0.1) is 0 Å². The van der Waals surface area contributed by atoms with Crippen LogP contribution in [-0.4, -0.2) is 30.6 Å². The Morgan fingerprint density at radius 3 is 2.14 bits per heavy atom. The summed E-state index contributed by atoms with van der Waals surface area (Å²) in [6.45, 7) is 7.93. The number of benzene rings is 2. The molecular weight excluding hydrogens is 256 g/mol. The van der Waals surface area contributed by atoms with E-state index in [0.29, 0.717) is 12.1 Å². The molecule has 2 aromatic rings. The van der Waals surface area contributed by atoms with E-state index in [-0.39, 0.29) is 0 Å². The van der Waals surface area contributed by atoms with Gasteiger partial charge < -0.3 is 5.32 Å². The monoisotopic (exact) mass is 280 g/mol. The Hall–Kier alpha value is -1.64. The summed E-state index contributed by atoms with van der Waals surface area (Å²) in [6.07, 6.45) is 0. The van der Waals surface area contributed by atoms with Crippen molar-refractivity contribution in [3.05, 3.63) is 60.2 Å². The molecule has 1 saturated heterocycles. The Balaban J connectivity index is 1.77. The van der Waals surface area contributed by atoms with E-state index in [4.69, 9.17) is 0 Å². The van der Waals surface area contributed by atoms with Crippen LogP contribution in [0.4, 0.5) is 0 Å². The Kier molecular flexibility index (Phi) is 4.37. The molecule has 1 fully saturated rings. The maximum absolute atomic E-state index is 3.37. The average Bonchev–Trinajstić information content (AvgIpc) is 2.51. The van der Waals surface area contributed by atoms with E-state index >= 15 is 0 Å². The van der Waals surface area contributed by atoms with Crippen LogP contribution >= 0.6 is 0 Å². The van der Waals surface area contributed by atoms with Crippen LogP contribution in [0.2, 0.25) is 0 Å². The molecule has 0 aromatic heterocycles. The highest BCUT2D eigenvalue weighted by Crippen LogP contribution is 2.26. The van der Waals surface area contributed by atoms with Crippen LogP contribution < -0.4 is 5.32 Å². The normalized spacial score (nSPS) is 16.7. The van der Waals surface area contributed by atoms with Gasteiger partial charge in [0, 0.05) is 25.2 Å². The minimum absolute atomic E-state index is 0.479. The Morgan fingerprint density at radius 1 is 1.00 bits per heavy atom. The Labute approximate surface area is 127 Å². The highest BCUT2D eigenvalue weighted by atomic mass is 15.2. The van der Waals surface area contributed by atoms with E-state index < -0.39 is 0 Å². The lowest BCUT2D eigenvalue weighted by molar-refractivity contribution is 0.110. The van der Waals surface area contributed by atoms with Crippen molar-refractivity contribution < 1.29 is 0 Å². The van der Waals surface area contributed by atoms with Crippen LogP contribution in [0.15, 0.2) is 54.6 Å². The molecule has 1 unspecified atom stereocenters. The van der Waals surface area contributed by atoms with Gasteiger partial charge in [-0.25, -0.2) is 0 Å². The van der Waals surface area contributed by atoms with Gasteiger partial charge in [-0.05, 0) is 30.2 Å². The largest absolute Gasteiger partial charge is 0.314 e. The van der Waals surface area contributed by atoms with Gasteiger partial charge in [-0.1, -0.05) is 61.5 Å². The van der Waals surface area contributed by atoms with E-state index in [9.17, 15) is 0 Å². The summed E-state index contributed by atoms with van der Waals surface area (Å²) >= 11 is 0. The summed E-state index contributed by atoms with van der Waals surface area (Å²) < 4.78 is 0. The fourth-order valence-corrected chi connectivity index (χ4v) is 3.13. The van der Waals surface area contributed by atoms with E-state index in [1.54, 1.807) is 0 Å². The molecule has 0 radical (unpaired) electrons. The van der Waals surface area contributed by atoms with Gasteiger partial charge in [0.05, 0.1) is 0 Å². The number of nitrogens with one attached hydrogen (secondary N) is 1. The molecule has 1 atom stereocenters. The van der Waals surface area contributed by atoms with Gasteiger partial charge in [0.2, 0.25) is 0 Å². The maximum Gasteiger partial charge on any atom is 0.0351 e. The molecule has 0 bridgehead atoms. The highest BCUT2D eigenvalue weighted by Gasteiger charge is 2.27. The van der Waals surface area contributed by atoms with Crippen LogP contribution in [0.5, 0.6) is 0 Å². The van der Waals surface area contributed by atoms with Gasteiger partial charge in [-0.3, -0.25) is 4.90 Å². The van der Waals surface area contributed by atoms with Gasteiger partial charge in [0.15, 0.2) is 0 Å². The van der Waals surface area contributed by atoms with E-state index in [0.717, 1.165) is 19.6 Å². The van der Waals surface area contributed by atoms with Crippen LogP contribution in [-0.2, 0) is 0 Å². The number of nitrogens with zero attached hydrogens (tertiary/aromatic N) is 1. The van der Waals surface area contributed by atoms with Crippen LogP contribution in [0, 0.1) is 0 Å². The van der Waals surface area contributed by atoms with Crippen molar-refractivity contribution in [1.82, 2.24) is 10.2 Å². The lowest BCUT2D eigenvalue weighted by Crippen LogP contribution is -2.57. The summed E-state index contributed by atoms with van der Waals surface area (Å²) in [7, 11) is 0. The lowest BCUT2D eigenvalue weighted by atomic mass is 9.99. The first-order valence-electron chi connectivity index (χ1n) is 7.91. The molecule has 0 spiro atoms. The highest BCUT2D eigenvalue weighted by molar-refractivity contribution is 5.63. The van der Waals surface area contributed by atoms with Crippen molar-refractivity contribution in [2.24, 2.45) is 0 Å². The molecule has 1 heterocycles. The van der Waals surface area contributed by atoms with Crippen molar-refractivity contribution in [3.8, 4) is 11.1 Å². The summed E-state index contributed by atoms with van der Waals surface area (Å²) in [5.41, 5.74) is 3.98. The average molecular weight is 280 g/mol. The quantitative estimate of drug-likeness (QED) is 0.898. The van der Waals surface area contributed by atoms with Crippen molar-refractivity contribution in [3.63, 3.8) is 0 Å². The minimum atomic E-state index is 0.479. The summed E-state index contributed by atoms with van der Waals surface area (Å²) in [6, 6.07) is 20.8. The molecule has 2 aromatic carbocycles. The molecule has 2 nitrogen and oxygen atoms in total. The summed E-state index contributed by atoms with van der Waals surface area (Å²) in [5.74, 6) is 0. The van der Waals surface area contributed by atoms with Gasteiger partial charge in [0.25, 0.3) is 0 Å². The third-order valence-corrected chi connectivity index (χ3v) is 4.59. The molecule has 21 heavy (non-hydrogen) atoms. The first-order chi connectivity index (χ1) is 10.3. The van der Waals surface area contributed by atoms with Crippen LogP contribution in [0.3, 0.4) is 0 Å². The van der Waals surface area contributed by atoms with Gasteiger partial charge >= 0.3 is 0 Å². The van der Waals surface area contributed by atoms with Crippen LogP contribution in [0.1, 0.15) is 25.5 Å². The molecule has 1 aliphatic heterocycles. The van der Waals surface area contributed by atoms with E-state index in [2.05, 4.69) is 78.7 Å². The minimum Gasteiger partial charge on any atom is -0.314 e. The van der Waals surface area contributed by atoms with E-state index in [1.807, 2.05) is 0 Å². The molecule has 110 valence electrons. The number of likely N-dealkylation sites (N-methyl/N-ethyl adjacent to an activating group) is 1. The van der Waals surface area contributed by atoms with Crippen molar-refractivity contribution in [1.29, 1.82) is 0 Å². The van der Waals surface area contributed by atoms with Crippen molar-refractivity contribution in [2.75, 3.05) is 19.6 Å². The lowest BCUT2D eigenvalue weighted by Gasteiger charge is -2.41. The third kappa shape index (κ3) is 3.02. The van der Waals surface area contributed by atoms with Crippen LogP contribution in [0.25, 0.3) is 11.1 Å². The third-order valence-electron chi connectivity index (χ3n) is 4.59. The predicted molar refractivity (Wildman–Crippen MR) is 89.3 cm³/mol. The number of hydrogen-bond acceptors (Lipinski definition) is 2. The first-order valence-corrected chi connectivity index (χ1v) is 7.91. The first kappa shape index (κ1) is 14.3. The zero-order valence-electron chi connectivity index (χ0n) is 12.9. The fraction of sp³-hybridized carbons (Fsp3) is 0.368. The maximum atomic E-state index is 3.37.